The van der Waals surface area contributed by atoms with Gasteiger partial charge < -0.3 is 25.1 Å². The molecule has 2 aliphatic heterocycles. The van der Waals surface area contributed by atoms with Crippen molar-refractivity contribution in [1.29, 1.82) is 0 Å². The first-order chi connectivity index (χ1) is 16.9. The summed E-state index contributed by atoms with van der Waals surface area (Å²) >= 11 is 0. The molecule has 0 spiro atoms. The van der Waals surface area contributed by atoms with Crippen LogP contribution in [0.2, 0.25) is 0 Å². The van der Waals surface area contributed by atoms with Gasteiger partial charge in [0.15, 0.2) is 17.3 Å². The normalized spacial score (nSPS) is 15.7. The van der Waals surface area contributed by atoms with E-state index in [1.165, 1.54) is 0 Å². The van der Waals surface area contributed by atoms with Gasteiger partial charge in [0.25, 0.3) is 0 Å². The number of methoxy groups -OCH3 is 1. The number of piperidine rings is 1. The largest absolute Gasteiger partial charge is 0.486 e. The van der Waals surface area contributed by atoms with Gasteiger partial charge >= 0.3 is 5.97 Å². The minimum absolute atomic E-state index is 0.0192. The second kappa shape index (κ2) is 11.0. The first kappa shape index (κ1) is 24.2. The average Bonchev–Trinajstić information content (AvgIpc) is 2.89. The summed E-state index contributed by atoms with van der Waals surface area (Å²) in [6, 6.07) is 10.5. The first-order valence-corrected chi connectivity index (χ1v) is 11.4. The maximum Gasteiger partial charge on any atom is 0.306 e. The highest BCUT2D eigenvalue weighted by Crippen LogP contribution is 2.31. The van der Waals surface area contributed by atoms with E-state index < -0.39 is 5.97 Å². The molecule has 0 unspecified atom stereocenters. The number of benzene rings is 1. The topological polar surface area (TPSA) is 137 Å². The molecular formula is C25H28N4O6. The molecule has 1 saturated heterocycles. The van der Waals surface area contributed by atoms with Crippen LogP contribution in [-0.2, 0) is 4.79 Å². The number of carbonyl (C=O) groups excluding carboxylic acids is 1. The SMILES string of the molecule is COc1ccc2nccc(N)c2n1.O=C(CN1CCC(C(=O)O)CC1)c1ccc2c(c1)OCCO2. The molecule has 0 radical (unpaired) electrons. The molecule has 3 N–H and O–H groups in total. The number of carbonyl (C=O) groups is 2. The molecule has 3 aromatic rings. The van der Waals surface area contributed by atoms with Crippen LogP contribution in [0.25, 0.3) is 11.0 Å². The Morgan fingerprint density at radius 2 is 1.86 bits per heavy atom. The Morgan fingerprint density at radius 3 is 2.57 bits per heavy atom. The van der Waals surface area contributed by atoms with E-state index in [0.717, 1.165) is 5.52 Å². The van der Waals surface area contributed by atoms with Crippen LogP contribution >= 0.6 is 0 Å². The van der Waals surface area contributed by atoms with Crippen molar-refractivity contribution in [1.82, 2.24) is 14.9 Å². The Hall–Kier alpha value is -3.92. The molecule has 2 aliphatic rings. The number of hydrogen-bond donors (Lipinski definition) is 2. The highest BCUT2D eigenvalue weighted by Gasteiger charge is 2.26. The number of fused-ring (bicyclic) bond motifs is 2. The zero-order valence-electron chi connectivity index (χ0n) is 19.5. The number of rotatable bonds is 5. The van der Waals surface area contributed by atoms with Crippen LogP contribution in [0, 0.1) is 5.92 Å². The summed E-state index contributed by atoms with van der Waals surface area (Å²) in [7, 11) is 1.57. The van der Waals surface area contributed by atoms with Crippen LogP contribution in [0.5, 0.6) is 17.4 Å². The minimum Gasteiger partial charge on any atom is -0.486 e. The highest BCUT2D eigenvalue weighted by atomic mass is 16.6. The minimum atomic E-state index is -0.738. The van der Waals surface area contributed by atoms with Gasteiger partial charge in [0, 0.05) is 17.8 Å². The van der Waals surface area contributed by atoms with E-state index >= 15 is 0 Å². The Bertz CT molecular complexity index is 1210. The van der Waals surface area contributed by atoms with E-state index in [0.29, 0.717) is 79.8 Å². The van der Waals surface area contributed by atoms with Crippen LogP contribution in [0.4, 0.5) is 5.69 Å². The van der Waals surface area contributed by atoms with E-state index in [9.17, 15) is 9.59 Å². The number of carboxylic acids is 1. The van der Waals surface area contributed by atoms with Crippen LogP contribution in [-0.4, -0.2) is 71.7 Å². The summed E-state index contributed by atoms with van der Waals surface area (Å²) in [5, 5.41) is 8.99. The summed E-state index contributed by atoms with van der Waals surface area (Å²) in [5.74, 6) is 0.836. The van der Waals surface area contributed by atoms with Gasteiger partial charge in [-0.25, -0.2) is 4.98 Å². The van der Waals surface area contributed by atoms with Crippen molar-refractivity contribution < 1.29 is 28.9 Å². The Labute approximate surface area is 202 Å². The lowest BCUT2D eigenvalue weighted by Gasteiger charge is -2.29. The third-order valence-electron chi connectivity index (χ3n) is 5.97. The van der Waals surface area contributed by atoms with E-state index in [4.69, 9.17) is 25.1 Å². The fraction of sp³-hybridized carbons (Fsp3) is 0.360. The third kappa shape index (κ3) is 5.96. The molecule has 0 atom stereocenters. The summed E-state index contributed by atoms with van der Waals surface area (Å²) in [6.45, 7) is 2.62. The number of hydrogen-bond acceptors (Lipinski definition) is 9. The number of likely N-dealkylation sites (tertiary alicyclic amines) is 1. The molecule has 0 saturated carbocycles. The molecule has 10 heteroatoms. The van der Waals surface area contributed by atoms with Gasteiger partial charge in [-0.1, -0.05) is 0 Å². The quantitative estimate of drug-likeness (QED) is 0.524. The highest BCUT2D eigenvalue weighted by molar-refractivity contribution is 5.98. The number of ketones is 1. The monoisotopic (exact) mass is 480 g/mol. The van der Waals surface area contributed by atoms with Crippen molar-refractivity contribution in [2.75, 3.05) is 45.7 Å². The van der Waals surface area contributed by atoms with Crippen LogP contribution in [0.1, 0.15) is 23.2 Å². The van der Waals surface area contributed by atoms with Crippen molar-refractivity contribution in [3.63, 3.8) is 0 Å². The maximum atomic E-state index is 12.4. The number of anilines is 1. The Balaban J connectivity index is 0.000000189. The summed E-state index contributed by atoms with van der Waals surface area (Å²) in [5.41, 5.74) is 8.40. The van der Waals surface area contributed by atoms with Crippen molar-refractivity contribution in [3.05, 3.63) is 48.2 Å². The smallest absolute Gasteiger partial charge is 0.306 e. The van der Waals surface area contributed by atoms with Crippen molar-refractivity contribution in [3.8, 4) is 17.4 Å². The standard InChI is InChI=1S/C16H19NO5.C9H9N3O/c18-13(10-17-5-3-11(4-6-17)16(19)20)12-1-2-14-15(9-12)22-8-7-21-14;1-13-8-3-2-7-9(12-8)6(10)4-5-11-7/h1-2,9,11H,3-8,10H2,(H,19,20);2-5H,1H3,(H2,10,11). The van der Waals surface area contributed by atoms with Crippen molar-refractivity contribution in [2.24, 2.45) is 5.92 Å². The number of Topliss-reactive ketones (excluding diaryl/α,β-unsaturated/α-hetero) is 1. The zero-order valence-corrected chi connectivity index (χ0v) is 19.5. The molecule has 35 heavy (non-hydrogen) atoms. The first-order valence-electron chi connectivity index (χ1n) is 11.4. The lowest BCUT2D eigenvalue weighted by Crippen LogP contribution is -2.39. The van der Waals surface area contributed by atoms with Crippen LogP contribution < -0.4 is 19.9 Å². The maximum absolute atomic E-state index is 12.4. The van der Waals surface area contributed by atoms with Gasteiger partial charge in [-0.3, -0.25) is 19.5 Å². The Kier molecular flexibility index (Phi) is 7.61. The molecule has 184 valence electrons. The molecular weight excluding hydrogens is 452 g/mol. The summed E-state index contributed by atoms with van der Waals surface area (Å²) in [6.07, 6.45) is 2.86. The number of aromatic nitrogens is 2. The Morgan fingerprint density at radius 1 is 1.11 bits per heavy atom. The average molecular weight is 481 g/mol. The number of nitrogens with zero attached hydrogens (tertiary/aromatic N) is 3. The summed E-state index contributed by atoms with van der Waals surface area (Å²) < 4.78 is 15.9. The number of ether oxygens (including phenoxy) is 3. The molecule has 0 bridgehead atoms. The fourth-order valence-electron chi connectivity index (χ4n) is 3.99. The van der Waals surface area contributed by atoms with Gasteiger partial charge in [0.1, 0.15) is 18.7 Å². The number of nitrogens with two attached hydrogens (primary N) is 1. The number of aliphatic carboxylic acids is 1. The second-order valence-corrected chi connectivity index (χ2v) is 8.29. The van der Waals surface area contributed by atoms with Gasteiger partial charge in [-0.05, 0) is 56.3 Å². The second-order valence-electron chi connectivity index (χ2n) is 8.29. The number of nitrogen functional groups attached to an aromatic ring is 1. The van der Waals surface area contributed by atoms with Gasteiger partial charge in [0.05, 0.1) is 30.8 Å². The predicted molar refractivity (Wildman–Crippen MR) is 129 cm³/mol. The van der Waals surface area contributed by atoms with Crippen LogP contribution in [0.15, 0.2) is 42.6 Å². The number of carboxylic acid groups (broad SMARTS) is 1. The van der Waals surface area contributed by atoms with E-state index in [2.05, 4.69) is 9.97 Å². The zero-order chi connectivity index (χ0) is 24.8. The fourth-order valence-corrected chi connectivity index (χ4v) is 3.99. The van der Waals surface area contributed by atoms with E-state index in [-0.39, 0.29) is 11.7 Å². The number of pyridine rings is 2. The lowest BCUT2D eigenvalue weighted by molar-refractivity contribution is -0.143. The van der Waals surface area contributed by atoms with Crippen molar-refractivity contribution in [2.45, 2.75) is 12.8 Å². The summed E-state index contributed by atoms with van der Waals surface area (Å²) in [4.78, 5) is 33.6. The molecule has 2 aromatic heterocycles. The van der Waals surface area contributed by atoms with Crippen molar-refractivity contribution >= 4 is 28.5 Å². The molecule has 4 heterocycles. The van der Waals surface area contributed by atoms with Gasteiger partial charge in [-0.15, -0.1) is 0 Å². The molecule has 1 fully saturated rings. The molecule has 0 amide bonds. The van der Waals surface area contributed by atoms with Gasteiger partial charge in [-0.2, -0.15) is 0 Å². The molecule has 5 rings (SSSR count). The van der Waals surface area contributed by atoms with E-state index in [1.54, 1.807) is 43.6 Å². The van der Waals surface area contributed by atoms with Gasteiger partial charge in [0.2, 0.25) is 5.88 Å². The third-order valence-corrected chi connectivity index (χ3v) is 5.97. The van der Waals surface area contributed by atoms with Crippen LogP contribution in [0.3, 0.4) is 0 Å². The van der Waals surface area contributed by atoms with E-state index in [1.807, 2.05) is 11.0 Å². The molecule has 10 nitrogen and oxygen atoms in total. The molecule has 1 aromatic carbocycles. The lowest BCUT2D eigenvalue weighted by atomic mass is 9.96. The predicted octanol–water partition coefficient (Wildman–Crippen LogP) is 2.66. The molecule has 0 aliphatic carbocycles.